The van der Waals surface area contributed by atoms with Crippen LogP contribution >= 0.6 is 15.9 Å². The zero-order valence-electron chi connectivity index (χ0n) is 18.1. The Morgan fingerprint density at radius 3 is 2.35 bits per heavy atom. The van der Waals surface area contributed by atoms with Gasteiger partial charge in [-0.15, -0.1) is 0 Å². The molecule has 2 amide bonds. The van der Waals surface area contributed by atoms with Crippen LogP contribution in [0.1, 0.15) is 34.6 Å². The molecule has 4 aromatic rings. The summed E-state index contributed by atoms with van der Waals surface area (Å²) in [7, 11) is 0. The van der Waals surface area contributed by atoms with Crippen LogP contribution in [0.2, 0.25) is 0 Å². The molecule has 0 saturated carbocycles. The number of benzene rings is 3. The molecule has 0 aliphatic heterocycles. The third-order valence-electron chi connectivity index (χ3n) is 5.15. The van der Waals surface area contributed by atoms with Crippen LogP contribution in [-0.2, 0) is 4.79 Å². The Bertz CT molecular complexity index is 1450. The van der Waals surface area contributed by atoms with Crippen LogP contribution in [0.3, 0.4) is 0 Å². The van der Waals surface area contributed by atoms with Gasteiger partial charge in [-0.05, 0) is 42.8 Å². The molecular formula is C25H20BrN5O3. The van der Waals surface area contributed by atoms with Crippen molar-refractivity contribution in [3.63, 3.8) is 0 Å². The van der Waals surface area contributed by atoms with Crippen molar-refractivity contribution in [2.45, 2.75) is 13.0 Å². The maximum atomic E-state index is 13.3. The highest BCUT2D eigenvalue weighted by Crippen LogP contribution is 2.20. The summed E-state index contributed by atoms with van der Waals surface area (Å²) < 4.78 is 0.878. The number of H-pyrrole nitrogens is 1. The number of fused-ring (bicyclic) bond motifs is 1. The van der Waals surface area contributed by atoms with Crippen LogP contribution in [0.5, 0.6) is 0 Å². The average Bonchev–Trinajstić information content (AvgIpc) is 2.87. The second-order valence-electron chi connectivity index (χ2n) is 7.44. The van der Waals surface area contributed by atoms with Gasteiger partial charge in [-0.1, -0.05) is 64.5 Å². The van der Waals surface area contributed by atoms with Gasteiger partial charge in [-0.3, -0.25) is 14.4 Å². The SMILES string of the molecule is CC(=NNC(=O)[C@@H](NC(=O)c1ccccc1)c1n[nH]c(=O)c2ccccc12)c1cccc(Br)c1. The molecule has 1 atom stereocenters. The summed E-state index contributed by atoms with van der Waals surface area (Å²) in [5.41, 5.74) is 4.09. The Morgan fingerprint density at radius 2 is 1.62 bits per heavy atom. The molecular weight excluding hydrogens is 498 g/mol. The summed E-state index contributed by atoms with van der Waals surface area (Å²) in [4.78, 5) is 38.4. The Balaban J connectivity index is 1.70. The second-order valence-corrected chi connectivity index (χ2v) is 8.36. The molecule has 3 aromatic carbocycles. The minimum Gasteiger partial charge on any atom is -0.335 e. The number of carbonyl (C=O) groups is 2. The molecule has 8 nitrogen and oxygen atoms in total. The van der Waals surface area contributed by atoms with E-state index in [0.29, 0.717) is 22.0 Å². The lowest BCUT2D eigenvalue weighted by Crippen LogP contribution is -2.40. The lowest BCUT2D eigenvalue weighted by molar-refractivity contribution is -0.123. The fraction of sp³-hybridized carbons (Fsp3) is 0.0800. The molecule has 9 heteroatoms. The number of nitrogens with one attached hydrogen (secondary N) is 3. The first-order chi connectivity index (χ1) is 16.4. The topological polar surface area (TPSA) is 116 Å². The maximum absolute atomic E-state index is 13.3. The molecule has 0 saturated heterocycles. The van der Waals surface area contributed by atoms with Crippen molar-refractivity contribution < 1.29 is 9.59 Å². The molecule has 4 rings (SSSR count). The zero-order chi connectivity index (χ0) is 24.1. The van der Waals surface area contributed by atoms with Crippen molar-refractivity contribution >= 4 is 44.2 Å². The highest BCUT2D eigenvalue weighted by atomic mass is 79.9. The van der Waals surface area contributed by atoms with E-state index >= 15 is 0 Å². The van der Waals surface area contributed by atoms with E-state index in [4.69, 9.17) is 0 Å². The van der Waals surface area contributed by atoms with Crippen LogP contribution in [0.25, 0.3) is 10.8 Å². The van der Waals surface area contributed by atoms with E-state index in [-0.39, 0.29) is 5.69 Å². The van der Waals surface area contributed by atoms with E-state index in [1.165, 1.54) is 0 Å². The number of amides is 2. The van der Waals surface area contributed by atoms with Gasteiger partial charge in [0.05, 0.1) is 11.1 Å². The van der Waals surface area contributed by atoms with Crippen LogP contribution in [-0.4, -0.2) is 27.7 Å². The van der Waals surface area contributed by atoms with Gasteiger partial charge >= 0.3 is 0 Å². The predicted molar refractivity (Wildman–Crippen MR) is 134 cm³/mol. The molecule has 0 fully saturated rings. The lowest BCUT2D eigenvalue weighted by Gasteiger charge is -2.18. The molecule has 0 bridgehead atoms. The highest BCUT2D eigenvalue weighted by Gasteiger charge is 2.27. The van der Waals surface area contributed by atoms with Gasteiger partial charge in [0.25, 0.3) is 17.4 Å². The largest absolute Gasteiger partial charge is 0.335 e. The van der Waals surface area contributed by atoms with Gasteiger partial charge in [-0.2, -0.15) is 10.2 Å². The van der Waals surface area contributed by atoms with Crippen molar-refractivity contribution in [1.82, 2.24) is 20.9 Å². The number of carbonyl (C=O) groups excluding carboxylic acids is 2. The monoisotopic (exact) mass is 517 g/mol. The molecule has 0 spiro atoms. The van der Waals surface area contributed by atoms with E-state index in [9.17, 15) is 14.4 Å². The van der Waals surface area contributed by atoms with Crippen LogP contribution in [0, 0.1) is 0 Å². The van der Waals surface area contributed by atoms with Crippen molar-refractivity contribution in [3.05, 3.63) is 111 Å². The van der Waals surface area contributed by atoms with Gasteiger partial charge in [0.2, 0.25) is 0 Å². The zero-order valence-corrected chi connectivity index (χ0v) is 19.7. The van der Waals surface area contributed by atoms with E-state index in [0.717, 1.165) is 10.0 Å². The number of hydrazone groups is 1. The number of rotatable bonds is 6. The fourth-order valence-electron chi connectivity index (χ4n) is 3.40. The Labute approximate surface area is 203 Å². The number of nitrogens with zero attached hydrogens (tertiary/aromatic N) is 2. The first-order valence-corrected chi connectivity index (χ1v) is 11.2. The highest BCUT2D eigenvalue weighted by molar-refractivity contribution is 9.10. The normalized spacial score (nSPS) is 12.2. The summed E-state index contributed by atoms with van der Waals surface area (Å²) in [6.45, 7) is 1.76. The summed E-state index contributed by atoms with van der Waals surface area (Å²) in [6.07, 6.45) is 0. The Morgan fingerprint density at radius 1 is 0.941 bits per heavy atom. The molecule has 0 aliphatic rings. The molecule has 1 heterocycles. The molecule has 170 valence electrons. The quantitative estimate of drug-likeness (QED) is 0.267. The lowest BCUT2D eigenvalue weighted by atomic mass is 10.0. The summed E-state index contributed by atoms with van der Waals surface area (Å²) in [6, 6.07) is 21.5. The van der Waals surface area contributed by atoms with Gasteiger partial charge in [0.15, 0.2) is 6.04 Å². The number of aromatic amines is 1. The van der Waals surface area contributed by atoms with E-state index in [1.54, 1.807) is 61.5 Å². The van der Waals surface area contributed by atoms with Crippen molar-refractivity contribution in [1.29, 1.82) is 0 Å². The van der Waals surface area contributed by atoms with Crippen LogP contribution in [0.4, 0.5) is 0 Å². The van der Waals surface area contributed by atoms with Crippen LogP contribution < -0.4 is 16.3 Å². The summed E-state index contributed by atoms with van der Waals surface area (Å²) in [5.74, 6) is -1.08. The number of hydrogen-bond donors (Lipinski definition) is 3. The molecule has 34 heavy (non-hydrogen) atoms. The summed E-state index contributed by atoms with van der Waals surface area (Å²) >= 11 is 3.42. The second kappa shape index (κ2) is 10.2. The van der Waals surface area contributed by atoms with Gasteiger partial charge in [0, 0.05) is 15.4 Å². The van der Waals surface area contributed by atoms with Crippen molar-refractivity contribution in [2.24, 2.45) is 5.10 Å². The molecule has 3 N–H and O–H groups in total. The molecule has 0 aliphatic carbocycles. The fourth-order valence-corrected chi connectivity index (χ4v) is 3.80. The standard InChI is InChI=1S/C25H20BrN5O3/c1-15(17-10-7-11-18(26)14-17)28-31-25(34)22(27-23(32)16-8-3-2-4-9-16)21-19-12-5-6-13-20(19)24(33)30-29-21/h2-14,22H,1H3,(H,27,32)(H,30,33)(H,31,34)/t22-/m0/s1. The first kappa shape index (κ1) is 23.1. The van der Waals surface area contributed by atoms with E-state index in [2.05, 4.69) is 42.0 Å². The van der Waals surface area contributed by atoms with Crippen molar-refractivity contribution in [3.8, 4) is 0 Å². The Kier molecular flexibility index (Phi) is 6.93. The maximum Gasteiger partial charge on any atom is 0.272 e. The molecule has 1 aromatic heterocycles. The minimum absolute atomic E-state index is 0.201. The minimum atomic E-state index is -1.21. The van der Waals surface area contributed by atoms with Gasteiger partial charge in [0.1, 0.15) is 5.69 Å². The van der Waals surface area contributed by atoms with Gasteiger partial charge < -0.3 is 5.32 Å². The number of hydrogen-bond acceptors (Lipinski definition) is 5. The molecule has 0 radical (unpaired) electrons. The third-order valence-corrected chi connectivity index (χ3v) is 5.64. The van der Waals surface area contributed by atoms with Crippen LogP contribution in [0.15, 0.2) is 93.2 Å². The Hall–Kier alpha value is -4.11. The van der Waals surface area contributed by atoms with Gasteiger partial charge in [-0.25, -0.2) is 10.5 Å². The molecule has 0 unspecified atom stereocenters. The van der Waals surface area contributed by atoms with E-state index in [1.807, 2.05) is 24.3 Å². The first-order valence-electron chi connectivity index (χ1n) is 10.4. The smallest absolute Gasteiger partial charge is 0.272 e. The third kappa shape index (κ3) is 5.10. The average molecular weight is 518 g/mol. The number of halogens is 1. The van der Waals surface area contributed by atoms with E-state index < -0.39 is 23.4 Å². The predicted octanol–water partition coefficient (Wildman–Crippen LogP) is 3.70. The van der Waals surface area contributed by atoms with Crippen molar-refractivity contribution in [2.75, 3.05) is 0 Å². The summed E-state index contributed by atoms with van der Waals surface area (Å²) in [5, 5.41) is 14.2. The number of aromatic nitrogens is 2.